The van der Waals surface area contributed by atoms with Crippen molar-refractivity contribution >= 4 is 17.3 Å². The Balaban J connectivity index is 1.91. The maximum absolute atomic E-state index is 11.6. The minimum absolute atomic E-state index is 0.127. The number of nitrogens with zero attached hydrogens (tertiary/aromatic N) is 2. The molecule has 0 bridgehead atoms. The Morgan fingerprint density at radius 2 is 2.52 bits per heavy atom. The fraction of sp³-hybridized carbons (Fsp3) is 0.714. The van der Waals surface area contributed by atoms with Crippen molar-refractivity contribution in [3.8, 4) is 0 Å². The number of hydrogen-bond acceptors (Lipinski definition) is 7. The number of hydrogen-bond donors (Lipinski definition) is 2. The van der Waals surface area contributed by atoms with Crippen LogP contribution in [0.25, 0.3) is 0 Å². The zero-order chi connectivity index (χ0) is 15.1. The standard InChI is InChI=1S/C14H23N3O3S/c1-2-20-14(19)13-16-12(10-21-13)9-17(6-7-18)8-11-4-3-5-15-11/h10-11,15,18H,2-9H2,1H3. The van der Waals surface area contributed by atoms with Crippen LogP contribution in [0.15, 0.2) is 5.38 Å². The van der Waals surface area contributed by atoms with E-state index in [1.807, 2.05) is 5.38 Å². The number of nitrogens with one attached hydrogen (secondary N) is 1. The van der Waals surface area contributed by atoms with Gasteiger partial charge in [-0.05, 0) is 26.3 Å². The molecular weight excluding hydrogens is 290 g/mol. The van der Waals surface area contributed by atoms with Crippen molar-refractivity contribution < 1.29 is 14.6 Å². The average Bonchev–Trinajstić information content (AvgIpc) is 3.11. The molecule has 1 aromatic heterocycles. The van der Waals surface area contributed by atoms with Gasteiger partial charge >= 0.3 is 5.97 Å². The van der Waals surface area contributed by atoms with E-state index in [0.29, 0.717) is 30.7 Å². The molecule has 1 saturated heterocycles. The van der Waals surface area contributed by atoms with Gasteiger partial charge in [0.2, 0.25) is 5.01 Å². The van der Waals surface area contributed by atoms with Gasteiger partial charge in [-0.15, -0.1) is 11.3 Å². The summed E-state index contributed by atoms with van der Waals surface area (Å²) in [6.45, 7) is 5.50. The average molecular weight is 313 g/mol. The predicted octanol–water partition coefficient (Wildman–Crippen LogP) is 0.866. The highest BCUT2D eigenvalue weighted by atomic mass is 32.1. The highest BCUT2D eigenvalue weighted by molar-refractivity contribution is 7.11. The van der Waals surface area contributed by atoms with Gasteiger partial charge in [-0.3, -0.25) is 4.90 Å². The van der Waals surface area contributed by atoms with E-state index in [1.165, 1.54) is 24.2 Å². The Kier molecular flexibility index (Phi) is 6.56. The van der Waals surface area contributed by atoms with Gasteiger partial charge in [-0.2, -0.15) is 0 Å². The van der Waals surface area contributed by atoms with E-state index in [4.69, 9.17) is 4.74 Å². The molecule has 7 heteroatoms. The summed E-state index contributed by atoms with van der Waals surface area (Å²) in [5.74, 6) is -0.361. The fourth-order valence-corrected chi connectivity index (χ4v) is 3.20. The van der Waals surface area contributed by atoms with Gasteiger partial charge in [-0.1, -0.05) is 0 Å². The zero-order valence-corrected chi connectivity index (χ0v) is 13.2. The lowest BCUT2D eigenvalue weighted by Gasteiger charge is -2.24. The van der Waals surface area contributed by atoms with Gasteiger partial charge in [-0.25, -0.2) is 9.78 Å². The molecular formula is C14H23N3O3S. The molecule has 6 nitrogen and oxygen atoms in total. The summed E-state index contributed by atoms with van der Waals surface area (Å²) < 4.78 is 4.95. The number of carbonyl (C=O) groups is 1. The molecule has 118 valence electrons. The first-order valence-corrected chi connectivity index (χ1v) is 8.29. The summed E-state index contributed by atoms with van der Waals surface area (Å²) in [5.41, 5.74) is 0.856. The summed E-state index contributed by atoms with van der Waals surface area (Å²) in [4.78, 5) is 18.1. The van der Waals surface area contributed by atoms with Crippen molar-refractivity contribution in [2.45, 2.75) is 32.4 Å². The second kappa shape index (κ2) is 8.43. The van der Waals surface area contributed by atoms with E-state index in [9.17, 15) is 9.90 Å². The molecule has 1 aliphatic rings. The predicted molar refractivity (Wildman–Crippen MR) is 81.5 cm³/mol. The topological polar surface area (TPSA) is 74.7 Å². The Morgan fingerprint density at radius 3 is 3.19 bits per heavy atom. The zero-order valence-electron chi connectivity index (χ0n) is 12.4. The molecule has 0 aliphatic carbocycles. The molecule has 2 rings (SSSR count). The molecule has 1 unspecified atom stereocenters. The molecule has 0 spiro atoms. The van der Waals surface area contributed by atoms with Crippen molar-refractivity contribution in [3.05, 3.63) is 16.1 Å². The van der Waals surface area contributed by atoms with Crippen molar-refractivity contribution in [1.29, 1.82) is 0 Å². The molecule has 0 radical (unpaired) electrons. The third kappa shape index (κ3) is 5.03. The fourth-order valence-electron chi connectivity index (χ4n) is 2.50. The monoisotopic (exact) mass is 313 g/mol. The number of aliphatic hydroxyl groups is 1. The number of rotatable bonds is 8. The highest BCUT2D eigenvalue weighted by Crippen LogP contribution is 2.14. The van der Waals surface area contributed by atoms with E-state index >= 15 is 0 Å². The Bertz CT molecular complexity index is 446. The van der Waals surface area contributed by atoms with E-state index in [1.54, 1.807) is 6.92 Å². The lowest BCUT2D eigenvalue weighted by molar-refractivity contribution is 0.0525. The number of thiazole rings is 1. The summed E-state index contributed by atoms with van der Waals surface area (Å²) in [6.07, 6.45) is 2.38. The smallest absolute Gasteiger partial charge is 0.367 e. The van der Waals surface area contributed by atoms with Gasteiger partial charge < -0.3 is 15.2 Å². The molecule has 2 N–H and O–H groups in total. The first-order valence-electron chi connectivity index (χ1n) is 7.41. The first kappa shape index (κ1) is 16.4. The minimum atomic E-state index is -0.361. The Labute approximate surface area is 129 Å². The van der Waals surface area contributed by atoms with Crippen LogP contribution in [0.2, 0.25) is 0 Å². The van der Waals surface area contributed by atoms with E-state index in [0.717, 1.165) is 18.8 Å². The van der Waals surface area contributed by atoms with E-state index in [2.05, 4.69) is 15.2 Å². The number of esters is 1. The highest BCUT2D eigenvalue weighted by Gasteiger charge is 2.19. The first-order chi connectivity index (χ1) is 10.2. The van der Waals surface area contributed by atoms with Gasteiger partial charge in [0.25, 0.3) is 0 Å². The second-order valence-electron chi connectivity index (χ2n) is 5.12. The van der Waals surface area contributed by atoms with Crippen molar-refractivity contribution in [2.24, 2.45) is 0 Å². The van der Waals surface area contributed by atoms with Crippen LogP contribution >= 0.6 is 11.3 Å². The quantitative estimate of drug-likeness (QED) is 0.694. The van der Waals surface area contributed by atoms with Crippen LogP contribution in [0, 0.1) is 0 Å². The van der Waals surface area contributed by atoms with Crippen LogP contribution in [0.1, 0.15) is 35.3 Å². The van der Waals surface area contributed by atoms with Crippen LogP contribution in [-0.4, -0.2) is 59.8 Å². The van der Waals surface area contributed by atoms with Crippen LogP contribution in [0.5, 0.6) is 0 Å². The third-order valence-corrected chi connectivity index (χ3v) is 4.32. The number of ether oxygens (including phenoxy) is 1. The van der Waals surface area contributed by atoms with Crippen LogP contribution in [-0.2, 0) is 11.3 Å². The minimum Gasteiger partial charge on any atom is -0.461 e. The molecule has 0 saturated carbocycles. The number of aliphatic hydroxyl groups excluding tert-OH is 1. The van der Waals surface area contributed by atoms with Crippen molar-refractivity contribution in [1.82, 2.24) is 15.2 Å². The molecule has 1 fully saturated rings. The lowest BCUT2D eigenvalue weighted by Crippen LogP contribution is -2.38. The molecule has 1 aromatic rings. The lowest BCUT2D eigenvalue weighted by atomic mass is 10.2. The number of aromatic nitrogens is 1. The maximum atomic E-state index is 11.6. The van der Waals surface area contributed by atoms with Gasteiger partial charge in [0.15, 0.2) is 0 Å². The largest absolute Gasteiger partial charge is 0.461 e. The van der Waals surface area contributed by atoms with E-state index in [-0.39, 0.29) is 12.6 Å². The van der Waals surface area contributed by atoms with Gasteiger partial charge in [0, 0.05) is 31.1 Å². The summed E-state index contributed by atoms with van der Waals surface area (Å²) in [5, 5.41) is 14.9. The van der Waals surface area contributed by atoms with E-state index < -0.39 is 0 Å². The second-order valence-corrected chi connectivity index (χ2v) is 5.97. The van der Waals surface area contributed by atoms with Crippen LogP contribution in [0.3, 0.4) is 0 Å². The van der Waals surface area contributed by atoms with Gasteiger partial charge in [0.05, 0.1) is 18.9 Å². The normalized spacial score (nSPS) is 18.3. The SMILES string of the molecule is CCOC(=O)c1nc(CN(CCO)CC2CCCN2)cs1. The van der Waals surface area contributed by atoms with Crippen molar-refractivity contribution in [3.63, 3.8) is 0 Å². The number of carbonyl (C=O) groups excluding carboxylic acids is 1. The van der Waals surface area contributed by atoms with Crippen LogP contribution in [0.4, 0.5) is 0 Å². The maximum Gasteiger partial charge on any atom is 0.367 e. The molecule has 21 heavy (non-hydrogen) atoms. The van der Waals surface area contributed by atoms with Crippen molar-refractivity contribution in [2.75, 3.05) is 32.8 Å². The third-order valence-electron chi connectivity index (χ3n) is 3.44. The molecule has 1 aliphatic heterocycles. The molecule has 0 aromatic carbocycles. The summed E-state index contributed by atoms with van der Waals surface area (Å²) >= 11 is 1.31. The van der Waals surface area contributed by atoms with Crippen LogP contribution < -0.4 is 5.32 Å². The molecule has 0 amide bonds. The Morgan fingerprint density at radius 1 is 1.67 bits per heavy atom. The molecule has 2 heterocycles. The van der Waals surface area contributed by atoms with Gasteiger partial charge in [0.1, 0.15) is 0 Å². The Hall–Kier alpha value is -1.02. The summed E-state index contributed by atoms with van der Waals surface area (Å²) in [6, 6.07) is 0.486. The molecule has 1 atom stereocenters. The summed E-state index contributed by atoms with van der Waals surface area (Å²) in [7, 11) is 0.